The lowest BCUT2D eigenvalue weighted by molar-refractivity contribution is 0.241. The van der Waals surface area contributed by atoms with Crippen molar-refractivity contribution in [2.45, 2.75) is 18.9 Å². The van der Waals surface area contributed by atoms with Gasteiger partial charge in [-0.3, -0.25) is 4.90 Å². The van der Waals surface area contributed by atoms with Gasteiger partial charge in [0.05, 0.1) is 18.9 Å². The molecular weight excluding hydrogens is 264 g/mol. The van der Waals surface area contributed by atoms with E-state index in [0.29, 0.717) is 6.42 Å². The number of ether oxygens (including phenoxy) is 1. The van der Waals surface area contributed by atoms with Gasteiger partial charge in [0.15, 0.2) is 0 Å². The molecule has 0 amide bonds. The fourth-order valence-corrected chi connectivity index (χ4v) is 2.55. The lowest BCUT2D eigenvalue weighted by Gasteiger charge is -2.37. The van der Waals surface area contributed by atoms with Crippen molar-refractivity contribution in [3.63, 3.8) is 0 Å². The van der Waals surface area contributed by atoms with E-state index in [4.69, 9.17) is 15.7 Å². The Morgan fingerprint density at radius 3 is 2.57 bits per heavy atom. The maximum Gasteiger partial charge on any atom is 0.142 e. The van der Waals surface area contributed by atoms with E-state index >= 15 is 0 Å². The van der Waals surface area contributed by atoms with Crippen LogP contribution in [0.2, 0.25) is 0 Å². The second kappa shape index (κ2) is 6.79. The van der Waals surface area contributed by atoms with Crippen molar-refractivity contribution in [3.05, 3.63) is 24.3 Å². The summed E-state index contributed by atoms with van der Waals surface area (Å²) in [7, 11) is 1.71. The van der Waals surface area contributed by atoms with Crippen LogP contribution < -0.4 is 15.4 Å². The molecule has 5 heteroatoms. The highest BCUT2D eigenvalue weighted by Gasteiger charge is 2.22. The molecule has 1 saturated heterocycles. The monoisotopic (exact) mass is 288 g/mol. The van der Waals surface area contributed by atoms with E-state index in [1.807, 2.05) is 18.2 Å². The Bertz CT molecular complexity index is 501. The molecule has 0 spiro atoms. The number of hydrogen-bond donors (Lipinski definition) is 1. The molecule has 2 rings (SSSR count). The van der Waals surface area contributed by atoms with Gasteiger partial charge in [0, 0.05) is 32.7 Å². The van der Waals surface area contributed by atoms with Crippen molar-refractivity contribution in [1.82, 2.24) is 4.90 Å². The van der Waals surface area contributed by atoms with E-state index in [0.717, 1.165) is 44.2 Å². The Kier molecular flexibility index (Phi) is 5.05. The molecule has 114 valence electrons. The SMILES string of the molecule is COc1ccccc1N1CCN(CCC(C)(N)C#N)CC1. The predicted octanol–water partition coefficient (Wildman–Crippen LogP) is 1.45. The number of anilines is 1. The number of para-hydroxylation sites is 2. The second-order valence-corrected chi connectivity index (χ2v) is 5.78. The minimum Gasteiger partial charge on any atom is -0.495 e. The Morgan fingerprint density at radius 2 is 1.95 bits per heavy atom. The number of hydrogen-bond acceptors (Lipinski definition) is 5. The summed E-state index contributed by atoms with van der Waals surface area (Å²) in [4.78, 5) is 4.72. The zero-order chi connectivity index (χ0) is 15.3. The summed E-state index contributed by atoms with van der Waals surface area (Å²) >= 11 is 0. The summed E-state index contributed by atoms with van der Waals surface area (Å²) in [6.07, 6.45) is 0.707. The first kappa shape index (κ1) is 15.6. The lowest BCUT2D eigenvalue weighted by Crippen LogP contribution is -2.48. The van der Waals surface area contributed by atoms with E-state index in [2.05, 4.69) is 21.9 Å². The smallest absolute Gasteiger partial charge is 0.142 e. The normalized spacial score (nSPS) is 18.9. The predicted molar refractivity (Wildman–Crippen MR) is 84.5 cm³/mol. The summed E-state index contributed by atoms with van der Waals surface area (Å²) in [6, 6.07) is 10.3. The Balaban J connectivity index is 1.87. The highest BCUT2D eigenvalue weighted by Crippen LogP contribution is 2.28. The topological polar surface area (TPSA) is 65.5 Å². The number of piperazine rings is 1. The lowest BCUT2D eigenvalue weighted by atomic mass is 10.0. The van der Waals surface area contributed by atoms with E-state index in [-0.39, 0.29) is 0 Å². The molecule has 5 nitrogen and oxygen atoms in total. The number of nitrogens with zero attached hydrogens (tertiary/aromatic N) is 3. The molecule has 0 radical (unpaired) electrons. The van der Waals surface area contributed by atoms with Gasteiger partial charge in [-0.2, -0.15) is 5.26 Å². The van der Waals surface area contributed by atoms with Crippen molar-refractivity contribution < 1.29 is 4.74 Å². The molecule has 1 atom stereocenters. The number of methoxy groups -OCH3 is 1. The van der Waals surface area contributed by atoms with Crippen LogP contribution in [0.1, 0.15) is 13.3 Å². The van der Waals surface area contributed by atoms with E-state index in [9.17, 15) is 0 Å². The first-order valence-electron chi connectivity index (χ1n) is 7.36. The van der Waals surface area contributed by atoms with Crippen molar-refractivity contribution >= 4 is 5.69 Å². The van der Waals surface area contributed by atoms with Crippen LogP contribution in [0.4, 0.5) is 5.69 Å². The molecule has 0 bridgehead atoms. The average Bonchev–Trinajstić information content (AvgIpc) is 2.53. The third kappa shape index (κ3) is 4.10. The molecule has 1 fully saturated rings. The van der Waals surface area contributed by atoms with Crippen LogP contribution in [0.25, 0.3) is 0 Å². The fourth-order valence-electron chi connectivity index (χ4n) is 2.55. The maximum atomic E-state index is 8.96. The van der Waals surface area contributed by atoms with E-state index in [1.54, 1.807) is 14.0 Å². The molecule has 1 heterocycles. The van der Waals surface area contributed by atoms with Gasteiger partial charge < -0.3 is 15.4 Å². The van der Waals surface area contributed by atoms with Gasteiger partial charge in [0.25, 0.3) is 0 Å². The van der Waals surface area contributed by atoms with Gasteiger partial charge in [-0.1, -0.05) is 12.1 Å². The van der Waals surface area contributed by atoms with Crippen molar-refractivity contribution in [2.75, 3.05) is 44.7 Å². The molecule has 2 N–H and O–H groups in total. The molecule has 1 aliphatic rings. The molecule has 0 aliphatic carbocycles. The standard InChI is InChI=1S/C16H24N4O/c1-16(18,13-17)7-8-19-9-11-20(12-10-19)14-5-3-4-6-15(14)21-2/h3-6H,7-12,18H2,1-2H3. The number of nitriles is 1. The minimum absolute atomic E-state index is 0.707. The van der Waals surface area contributed by atoms with Gasteiger partial charge in [-0.25, -0.2) is 0 Å². The highest BCUT2D eigenvalue weighted by molar-refractivity contribution is 5.58. The molecule has 0 aromatic heterocycles. The first-order valence-corrected chi connectivity index (χ1v) is 7.36. The summed E-state index contributed by atoms with van der Waals surface area (Å²) in [5.74, 6) is 0.921. The molecule has 1 aromatic carbocycles. The fraction of sp³-hybridized carbons (Fsp3) is 0.562. The Morgan fingerprint density at radius 1 is 1.29 bits per heavy atom. The quantitative estimate of drug-likeness (QED) is 0.888. The van der Waals surface area contributed by atoms with E-state index in [1.165, 1.54) is 0 Å². The van der Waals surface area contributed by atoms with Crippen molar-refractivity contribution in [2.24, 2.45) is 5.73 Å². The first-order chi connectivity index (χ1) is 10.1. The number of benzene rings is 1. The zero-order valence-electron chi connectivity index (χ0n) is 12.9. The van der Waals surface area contributed by atoms with Gasteiger partial charge in [0.2, 0.25) is 0 Å². The Hall–Kier alpha value is -1.77. The molecule has 21 heavy (non-hydrogen) atoms. The third-order valence-electron chi connectivity index (χ3n) is 4.00. The van der Waals surface area contributed by atoms with Gasteiger partial charge in [-0.05, 0) is 25.5 Å². The molecular formula is C16H24N4O. The van der Waals surface area contributed by atoms with Crippen LogP contribution in [0.15, 0.2) is 24.3 Å². The second-order valence-electron chi connectivity index (χ2n) is 5.78. The third-order valence-corrected chi connectivity index (χ3v) is 4.00. The summed E-state index contributed by atoms with van der Waals surface area (Å²) < 4.78 is 5.42. The van der Waals surface area contributed by atoms with Gasteiger partial charge in [-0.15, -0.1) is 0 Å². The summed E-state index contributed by atoms with van der Waals surface area (Å²) in [6.45, 7) is 6.57. The van der Waals surface area contributed by atoms with Crippen LogP contribution in [0.3, 0.4) is 0 Å². The summed E-state index contributed by atoms with van der Waals surface area (Å²) in [5, 5.41) is 8.96. The maximum absolute atomic E-state index is 8.96. The van der Waals surface area contributed by atoms with Crippen molar-refractivity contribution in [1.29, 1.82) is 5.26 Å². The molecule has 1 unspecified atom stereocenters. The van der Waals surface area contributed by atoms with E-state index < -0.39 is 5.54 Å². The number of nitrogens with two attached hydrogens (primary N) is 1. The molecule has 0 saturated carbocycles. The van der Waals surface area contributed by atoms with Crippen LogP contribution in [0, 0.1) is 11.3 Å². The average molecular weight is 288 g/mol. The largest absolute Gasteiger partial charge is 0.495 e. The van der Waals surface area contributed by atoms with Crippen LogP contribution in [-0.4, -0.2) is 50.3 Å². The van der Waals surface area contributed by atoms with Gasteiger partial charge in [0.1, 0.15) is 11.3 Å². The van der Waals surface area contributed by atoms with Crippen LogP contribution in [-0.2, 0) is 0 Å². The minimum atomic E-state index is -0.722. The molecule has 1 aromatic rings. The highest BCUT2D eigenvalue weighted by atomic mass is 16.5. The van der Waals surface area contributed by atoms with Crippen LogP contribution in [0.5, 0.6) is 5.75 Å². The zero-order valence-corrected chi connectivity index (χ0v) is 12.9. The van der Waals surface area contributed by atoms with Crippen LogP contribution >= 0.6 is 0 Å². The summed E-state index contributed by atoms with van der Waals surface area (Å²) in [5.41, 5.74) is 6.31. The van der Waals surface area contributed by atoms with Gasteiger partial charge >= 0.3 is 0 Å². The molecule has 1 aliphatic heterocycles. The Labute approximate surface area is 126 Å². The number of rotatable bonds is 5. The van der Waals surface area contributed by atoms with Crippen molar-refractivity contribution in [3.8, 4) is 11.8 Å².